The molecule has 0 radical (unpaired) electrons. The van der Waals surface area contributed by atoms with E-state index in [1.54, 1.807) is 13.8 Å². The highest BCUT2D eigenvalue weighted by molar-refractivity contribution is 7.89. The Morgan fingerprint density at radius 1 is 1.40 bits per heavy atom. The van der Waals surface area contributed by atoms with Gasteiger partial charge in [-0.05, 0) is 25.8 Å². The van der Waals surface area contributed by atoms with E-state index in [1.807, 2.05) is 18.7 Å². The summed E-state index contributed by atoms with van der Waals surface area (Å²) in [6.07, 6.45) is 1.29. The number of carbonyl (C=O) groups is 1. The molecule has 20 heavy (non-hydrogen) atoms. The lowest BCUT2D eigenvalue weighted by Crippen LogP contribution is -2.25. The van der Waals surface area contributed by atoms with Crippen LogP contribution in [0.5, 0.6) is 0 Å². The first-order valence-corrected chi connectivity index (χ1v) is 7.72. The van der Waals surface area contributed by atoms with Crippen LogP contribution >= 0.6 is 0 Å². The van der Waals surface area contributed by atoms with Crippen LogP contribution in [0, 0.1) is 5.92 Å². The molecule has 0 aliphatic rings. The van der Waals surface area contributed by atoms with Crippen LogP contribution in [0.15, 0.2) is 17.2 Å². The van der Waals surface area contributed by atoms with Gasteiger partial charge >= 0.3 is 5.97 Å². The van der Waals surface area contributed by atoms with Gasteiger partial charge in [0.2, 0.25) is 0 Å². The van der Waals surface area contributed by atoms with Gasteiger partial charge in [0.05, 0.1) is 6.61 Å². The van der Waals surface area contributed by atoms with E-state index in [0.717, 1.165) is 6.07 Å². The highest BCUT2D eigenvalue weighted by atomic mass is 32.2. The van der Waals surface area contributed by atoms with Crippen LogP contribution in [-0.2, 0) is 14.9 Å². The molecule has 0 aliphatic heterocycles. The summed E-state index contributed by atoms with van der Waals surface area (Å²) in [5.74, 6) is -1.00. The van der Waals surface area contributed by atoms with Crippen LogP contribution in [0.2, 0.25) is 0 Å². The number of carboxylic acid groups (broad SMARTS) is 1. The minimum atomic E-state index is -3.88. The number of carboxylic acids is 1. The Labute approximate surface area is 118 Å². The molecule has 0 aromatic carbocycles. The standard InChI is InChI=1S/C12H20N2O5S/c1-8(2)7-19-13-20(17,18)10-5-11(12(15)16)14(6-10)9(3)4/h5-6,8-9,13H,7H2,1-4H3,(H,15,16). The third-order valence-electron chi connectivity index (χ3n) is 2.49. The van der Waals surface area contributed by atoms with Crippen LogP contribution < -0.4 is 4.89 Å². The minimum Gasteiger partial charge on any atom is -0.477 e. The monoisotopic (exact) mass is 304 g/mol. The zero-order valence-corrected chi connectivity index (χ0v) is 12.8. The second-order valence-corrected chi connectivity index (χ2v) is 6.80. The highest BCUT2D eigenvalue weighted by Gasteiger charge is 2.22. The maximum atomic E-state index is 12.0. The molecule has 0 saturated carbocycles. The zero-order valence-electron chi connectivity index (χ0n) is 12.0. The number of aromatic nitrogens is 1. The molecule has 7 nitrogen and oxygen atoms in total. The molecule has 0 amide bonds. The lowest BCUT2D eigenvalue weighted by Gasteiger charge is -2.09. The van der Waals surface area contributed by atoms with Gasteiger partial charge in [-0.2, -0.15) is 0 Å². The molecule has 1 rings (SSSR count). The third kappa shape index (κ3) is 4.06. The molecule has 0 fully saturated rings. The number of nitrogens with zero attached hydrogens (tertiary/aromatic N) is 1. The van der Waals surface area contributed by atoms with E-state index in [9.17, 15) is 13.2 Å². The third-order valence-corrected chi connectivity index (χ3v) is 3.68. The molecule has 1 heterocycles. The van der Waals surface area contributed by atoms with Gasteiger partial charge in [0.1, 0.15) is 10.6 Å². The van der Waals surface area contributed by atoms with E-state index >= 15 is 0 Å². The van der Waals surface area contributed by atoms with Gasteiger partial charge in [0, 0.05) is 12.2 Å². The van der Waals surface area contributed by atoms with E-state index < -0.39 is 16.0 Å². The molecule has 0 atom stereocenters. The first-order valence-electron chi connectivity index (χ1n) is 6.24. The molecular formula is C12H20N2O5S. The summed E-state index contributed by atoms with van der Waals surface area (Å²) in [5.41, 5.74) is -0.0794. The number of hydrogen-bond donors (Lipinski definition) is 2. The van der Waals surface area contributed by atoms with Crippen LogP contribution in [0.25, 0.3) is 0 Å². The van der Waals surface area contributed by atoms with E-state index in [1.165, 1.54) is 10.8 Å². The second kappa shape index (κ2) is 6.38. The van der Waals surface area contributed by atoms with Gasteiger partial charge in [0.25, 0.3) is 10.0 Å². The molecule has 114 valence electrons. The average Bonchev–Trinajstić information content (AvgIpc) is 2.73. The molecule has 1 aromatic heterocycles. The first kappa shape index (κ1) is 16.7. The fraction of sp³-hybridized carbons (Fsp3) is 0.583. The van der Waals surface area contributed by atoms with E-state index in [2.05, 4.69) is 0 Å². The summed E-state index contributed by atoms with van der Waals surface area (Å²) in [6, 6.07) is 0.949. The Balaban J connectivity index is 3.01. The maximum Gasteiger partial charge on any atom is 0.352 e. The molecule has 0 bridgehead atoms. The van der Waals surface area contributed by atoms with Gasteiger partial charge < -0.3 is 9.67 Å². The van der Waals surface area contributed by atoms with Crippen molar-refractivity contribution in [2.75, 3.05) is 6.61 Å². The zero-order chi connectivity index (χ0) is 15.5. The summed E-state index contributed by atoms with van der Waals surface area (Å²) < 4.78 is 25.4. The lowest BCUT2D eigenvalue weighted by molar-refractivity contribution is 0.0683. The number of sulfonamides is 1. The molecule has 8 heteroatoms. The summed E-state index contributed by atoms with van der Waals surface area (Å²) in [5, 5.41) is 9.08. The van der Waals surface area contributed by atoms with Crippen molar-refractivity contribution in [3.8, 4) is 0 Å². The number of aromatic carboxylic acids is 1. The van der Waals surface area contributed by atoms with Gasteiger partial charge in [-0.1, -0.05) is 18.7 Å². The smallest absolute Gasteiger partial charge is 0.352 e. The Hall–Kier alpha value is -1.38. The van der Waals surface area contributed by atoms with Crippen molar-refractivity contribution in [1.82, 2.24) is 9.45 Å². The summed E-state index contributed by atoms with van der Waals surface area (Å²) >= 11 is 0. The molecule has 0 aliphatic carbocycles. The second-order valence-electron chi connectivity index (χ2n) is 5.16. The van der Waals surface area contributed by atoms with Gasteiger partial charge in [0.15, 0.2) is 0 Å². The van der Waals surface area contributed by atoms with E-state index in [-0.39, 0.29) is 29.2 Å². The Kier molecular flexibility index (Phi) is 5.32. The molecule has 0 spiro atoms. The number of nitrogens with one attached hydrogen (secondary N) is 1. The Morgan fingerprint density at radius 2 is 2.00 bits per heavy atom. The van der Waals surface area contributed by atoms with Crippen molar-refractivity contribution in [3.63, 3.8) is 0 Å². The SMILES string of the molecule is CC(C)CONS(=O)(=O)c1cc(C(=O)O)n(C(C)C)c1. The average molecular weight is 304 g/mol. The van der Waals surface area contributed by atoms with Crippen LogP contribution in [0.3, 0.4) is 0 Å². The van der Waals surface area contributed by atoms with Crippen LogP contribution in [0.1, 0.15) is 44.2 Å². The van der Waals surface area contributed by atoms with Crippen molar-refractivity contribution in [1.29, 1.82) is 0 Å². The minimum absolute atomic E-state index is 0.0794. The lowest BCUT2D eigenvalue weighted by atomic mass is 10.2. The fourth-order valence-electron chi connectivity index (χ4n) is 1.53. The molecule has 2 N–H and O–H groups in total. The highest BCUT2D eigenvalue weighted by Crippen LogP contribution is 2.19. The predicted molar refractivity (Wildman–Crippen MR) is 72.9 cm³/mol. The van der Waals surface area contributed by atoms with Gasteiger partial charge in [-0.15, -0.1) is 0 Å². The summed E-state index contributed by atoms with van der Waals surface area (Å²) in [6.45, 7) is 7.53. The molecular weight excluding hydrogens is 284 g/mol. The largest absolute Gasteiger partial charge is 0.477 e. The Bertz CT molecular complexity index is 575. The van der Waals surface area contributed by atoms with Gasteiger partial charge in [-0.25, -0.2) is 13.2 Å². The van der Waals surface area contributed by atoms with Gasteiger partial charge in [-0.3, -0.25) is 4.84 Å². The quantitative estimate of drug-likeness (QED) is 0.746. The molecule has 0 unspecified atom stereocenters. The fourth-order valence-corrected chi connectivity index (χ4v) is 2.36. The van der Waals surface area contributed by atoms with Crippen molar-refractivity contribution in [2.24, 2.45) is 5.92 Å². The van der Waals surface area contributed by atoms with Crippen molar-refractivity contribution in [3.05, 3.63) is 18.0 Å². The van der Waals surface area contributed by atoms with Crippen molar-refractivity contribution < 1.29 is 23.2 Å². The predicted octanol–water partition coefficient (Wildman–Crippen LogP) is 1.63. The van der Waals surface area contributed by atoms with E-state index in [0.29, 0.717) is 0 Å². The molecule has 0 saturated heterocycles. The number of rotatable bonds is 7. The topological polar surface area (TPSA) is 97.6 Å². The van der Waals surface area contributed by atoms with Crippen molar-refractivity contribution in [2.45, 2.75) is 38.6 Å². The van der Waals surface area contributed by atoms with Crippen LogP contribution in [-0.4, -0.2) is 30.7 Å². The Morgan fingerprint density at radius 3 is 2.40 bits per heavy atom. The number of hydrogen-bond acceptors (Lipinski definition) is 4. The summed E-state index contributed by atoms with van der Waals surface area (Å²) in [4.78, 5) is 17.9. The maximum absolute atomic E-state index is 12.0. The summed E-state index contributed by atoms with van der Waals surface area (Å²) in [7, 11) is -3.88. The normalized spacial score (nSPS) is 12.3. The van der Waals surface area contributed by atoms with E-state index in [4.69, 9.17) is 9.94 Å². The first-order chi connectivity index (χ1) is 9.15. The van der Waals surface area contributed by atoms with Crippen molar-refractivity contribution >= 4 is 16.0 Å². The van der Waals surface area contributed by atoms with Crippen LogP contribution in [0.4, 0.5) is 0 Å². The molecule has 1 aromatic rings.